The Balaban J connectivity index is 0.00000114. The molecule has 5 atom stereocenters. The monoisotopic (exact) mass is 952 g/mol. The van der Waals surface area contributed by atoms with Crippen LogP contribution in [0.15, 0.2) is 65.8 Å². The van der Waals surface area contributed by atoms with E-state index in [9.17, 15) is 41.9 Å². The van der Waals surface area contributed by atoms with E-state index in [1.54, 1.807) is 6.20 Å². The maximum Gasteiger partial charge on any atom is 0.490 e. The van der Waals surface area contributed by atoms with Crippen LogP contribution in [0.1, 0.15) is 94.6 Å². The van der Waals surface area contributed by atoms with Crippen molar-refractivity contribution in [3.05, 3.63) is 71.9 Å². The Labute approximate surface area is 392 Å². The SMILES string of the molecule is NC(N)=NCCC[C@@H]1NC(=O)C(Cc2c[nH]c3ccccc23)NC(=O)C(CC2CCCCC2)NC(=O)[C@@H]2CCCN2C(=O)C(NC(=O)CCc2ccccc2)CCCNC1=O.O=C(O)C(F)(F)F. The minimum atomic E-state index is -5.08. The molecule has 0 spiro atoms. The average molecular weight is 953 g/mol. The molecular weight excluding hydrogens is 890 g/mol. The molecule has 1 saturated carbocycles. The largest absolute Gasteiger partial charge is 0.490 e. The van der Waals surface area contributed by atoms with E-state index in [-0.39, 0.29) is 62.5 Å². The van der Waals surface area contributed by atoms with Crippen LogP contribution in [-0.2, 0) is 46.4 Å². The van der Waals surface area contributed by atoms with Crippen molar-refractivity contribution in [2.75, 3.05) is 19.6 Å². The first-order valence-electron chi connectivity index (χ1n) is 23.2. The van der Waals surface area contributed by atoms with Crippen LogP contribution in [0.2, 0.25) is 0 Å². The molecule has 68 heavy (non-hydrogen) atoms. The number of aryl methyl sites for hydroxylation is 1. The lowest BCUT2D eigenvalue weighted by Crippen LogP contribution is -2.59. The van der Waals surface area contributed by atoms with Gasteiger partial charge in [0.15, 0.2) is 5.96 Å². The topological polar surface area (TPSA) is 283 Å². The van der Waals surface area contributed by atoms with Gasteiger partial charge in [0.25, 0.3) is 0 Å². The zero-order chi connectivity index (χ0) is 49.2. The molecule has 3 fully saturated rings. The number of aromatic amines is 1. The Hall–Kier alpha value is -6.67. The number of amides is 6. The van der Waals surface area contributed by atoms with Crippen molar-refractivity contribution in [1.29, 1.82) is 0 Å². The van der Waals surface area contributed by atoms with E-state index >= 15 is 0 Å². The molecule has 0 radical (unpaired) electrons. The van der Waals surface area contributed by atoms with Gasteiger partial charge >= 0.3 is 12.1 Å². The minimum Gasteiger partial charge on any atom is -0.475 e. The number of benzene rings is 2. The zero-order valence-electron chi connectivity index (χ0n) is 38.0. The van der Waals surface area contributed by atoms with E-state index in [1.165, 1.54) is 4.90 Å². The number of carbonyl (C=O) groups is 7. The lowest BCUT2D eigenvalue weighted by Gasteiger charge is -2.32. The number of fused-ring (bicyclic) bond motifs is 2. The number of aromatic nitrogens is 1. The molecule has 3 heterocycles. The number of nitrogens with zero attached hydrogens (tertiary/aromatic N) is 2. The van der Waals surface area contributed by atoms with E-state index in [4.69, 9.17) is 21.4 Å². The van der Waals surface area contributed by atoms with Crippen LogP contribution in [-0.4, -0.2) is 118 Å². The number of H-pyrrole nitrogens is 1. The Morgan fingerprint density at radius 2 is 1.46 bits per heavy atom. The van der Waals surface area contributed by atoms with Crippen molar-refractivity contribution < 1.29 is 51.8 Å². The van der Waals surface area contributed by atoms with Crippen molar-refractivity contribution in [2.24, 2.45) is 22.4 Å². The number of carboxylic acid groups (broad SMARTS) is 1. The lowest BCUT2D eigenvalue weighted by atomic mass is 9.84. The van der Waals surface area contributed by atoms with Gasteiger partial charge in [-0.25, -0.2) is 4.79 Å². The van der Waals surface area contributed by atoms with Crippen molar-refractivity contribution in [2.45, 2.75) is 133 Å². The van der Waals surface area contributed by atoms with Crippen molar-refractivity contribution in [1.82, 2.24) is 36.5 Å². The molecule has 3 aliphatic rings. The first kappa shape index (κ1) is 52.3. The number of halogens is 3. The Morgan fingerprint density at radius 1 is 0.794 bits per heavy atom. The molecule has 3 aromatic rings. The second kappa shape index (κ2) is 25.5. The first-order valence-corrected chi connectivity index (χ1v) is 23.2. The summed E-state index contributed by atoms with van der Waals surface area (Å²) in [6, 6.07) is 12.3. The normalized spacial score (nSPS) is 22.5. The molecule has 6 amide bonds. The van der Waals surface area contributed by atoms with Gasteiger partial charge in [0.2, 0.25) is 35.4 Å². The van der Waals surface area contributed by atoms with Gasteiger partial charge in [-0.3, -0.25) is 33.8 Å². The number of aliphatic carboxylic acids is 1. The molecule has 370 valence electrons. The maximum atomic E-state index is 14.5. The number of carboxylic acids is 1. The number of nitrogens with one attached hydrogen (secondary N) is 6. The summed E-state index contributed by atoms with van der Waals surface area (Å²) in [6.45, 7) is 0.689. The summed E-state index contributed by atoms with van der Waals surface area (Å²) in [5.41, 5.74) is 13.7. The second-order valence-corrected chi connectivity index (χ2v) is 17.5. The maximum absolute atomic E-state index is 14.5. The predicted octanol–water partition coefficient (Wildman–Crippen LogP) is 2.84. The highest BCUT2D eigenvalue weighted by Gasteiger charge is 2.40. The highest BCUT2D eigenvalue weighted by atomic mass is 19.4. The first-order chi connectivity index (χ1) is 32.5. The summed E-state index contributed by atoms with van der Waals surface area (Å²) in [5.74, 6) is -5.32. The molecule has 1 aliphatic carbocycles. The molecule has 6 rings (SSSR count). The summed E-state index contributed by atoms with van der Waals surface area (Å²) in [7, 11) is 0. The lowest BCUT2D eigenvalue weighted by molar-refractivity contribution is -0.192. The fourth-order valence-electron chi connectivity index (χ4n) is 8.87. The molecule has 1 aromatic heterocycles. The third-order valence-electron chi connectivity index (χ3n) is 12.4. The quantitative estimate of drug-likeness (QED) is 0.0727. The molecular formula is C47H63F3N10O8. The van der Waals surface area contributed by atoms with Crippen molar-refractivity contribution in [3.8, 4) is 0 Å². The van der Waals surface area contributed by atoms with Crippen LogP contribution in [0, 0.1) is 5.92 Å². The molecule has 2 aromatic carbocycles. The molecule has 2 aliphatic heterocycles. The van der Waals surface area contributed by atoms with Crippen LogP contribution in [0.5, 0.6) is 0 Å². The molecule has 18 nitrogen and oxygen atoms in total. The molecule has 3 unspecified atom stereocenters. The van der Waals surface area contributed by atoms with Crippen LogP contribution < -0.4 is 38.1 Å². The van der Waals surface area contributed by atoms with E-state index in [1.807, 2.05) is 54.6 Å². The number of carbonyl (C=O) groups excluding carboxylic acids is 6. The molecule has 11 N–H and O–H groups in total. The number of hydrogen-bond acceptors (Lipinski definition) is 8. The summed E-state index contributed by atoms with van der Waals surface area (Å²) in [6.07, 6.45) is 4.88. The highest BCUT2D eigenvalue weighted by Crippen LogP contribution is 2.28. The number of rotatable bonds is 12. The molecule has 21 heteroatoms. The van der Waals surface area contributed by atoms with Gasteiger partial charge in [-0.05, 0) is 74.5 Å². The predicted molar refractivity (Wildman–Crippen MR) is 246 cm³/mol. The van der Waals surface area contributed by atoms with E-state index in [2.05, 4.69) is 36.6 Å². The van der Waals surface area contributed by atoms with Gasteiger partial charge in [-0.15, -0.1) is 0 Å². The number of para-hydroxylation sites is 1. The fourth-order valence-corrected chi connectivity index (χ4v) is 8.87. The van der Waals surface area contributed by atoms with Crippen molar-refractivity contribution in [3.63, 3.8) is 0 Å². The van der Waals surface area contributed by atoms with Crippen LogP contribution in [0.3, 0.4) is 0 Å². The summed E-state index contributed by atoms with van der Waals surface area (Å²) in [5, 5.41) is 22.8. The minimum absolute atomic E-state index is 0.0916. The Bertz CT molecular complexity index is 2230. The van der Waals surface area contributed by atoms with Crippen LogP contribution >= 0.6 is 0 Å². The average Bonchev–Trinajstić information content (AvgIpc) is 3.98. The molecule has 2 saturated heterocycles. The van der Waals surface area contributed by atoms with Gasteiger partial charge in [0, 0.05) is 49.6 Å². The third kappa shape index (κ3) is 16.0. The third-order valence-corrected chi connectivity index (χ3v) is 12.4. The van der Waals surface area contributed by atoms with Gasteiger partial charge in [0.1, 0.15) is 30.2 Å². The number of hydrogen-bond donors (Lipinski definition) is 9. The van der Waals surface area contributed by atoms with Crippen LogP contribution in [0.25, 0.3) is 10.9 Å². The van der Waals surface area contributed by atoms with Gasteiger partial charge in [-0.2, -0.15) is 13.2 Å². The van der Waals surface area contributed by atoms with E-state index < -0.39 is 66.0 Å². The summed E-state index contributed by atoms with van der Waals surface area (Å²) in [4.78, 5) is 102. The highest BCUT2D eigenvalue weighted by molar-refractivity contribution is 5.97. The number of alkyl halides is 3. The second-order valence-electron chi connectivity index (χ2n) is 17.5. The van der Waals surface area contributed by atoms with Gasteiger partial charge in [0.05, 0.1) is 0 Å². The number of nitrogens with two attached hydrogens (primary N) is 2. The number of aliphatic imine (C=N–C) groups is 1. The number of guanidine groups is 1. The van der Waals surface area contributed by atoms with Gasteiger partial charge in [-0.1, -0.05) is 80.6 Å². The van der Waals surface area contributed by atoms with E-state index in [0.29, 0.717) is 45.1 Å². The smallest absolute Gasteiger partial charge is 0.475 e. The Kier molecular flexibility index (Phi) is 19.6. The summed E-state index contributed by atoms with van der Waals surface area (Å²) < 4.78 is 31.7. The van der Waals surface area contributed by atoms with Gasteiger partial charge < -0.3 is 53.0 Å². The molecule has 0 bridgehead atoms. The standard InChI is InChI=1S/C45H62N10O6.C2HF3O2/c46-45(47)49-24-9-18-34-40(57)48-23-10-19-35(51-39(56)22-21-29-12-3-1-4-13-29)44(61)55-25-11-20-38(55)43(60)54-36(26-30-14-5-2-6-15-30)41(58)53-37(42(59)52-34)27-31-28-50-33-17-8-7-16-32(31)33;3-2(4,5)1(6)7/h1,3-4,7-8,12-13,16-17,28,30,34-38,50H,2,5-6,9-11,14-15,18-27H2,(H,48,57)(H,51,56)(H,52,59)(H,53,58)(H,54,60)(H4,46,47,49);(H,6,7)/t34-,35?,36?,37?,38-;/m0./s1. The van der Waals surface area contributed by atoms with E-state index in [0.717, 1.165) is 54.1 Å². The van der Waals surface area contributed by atoms with Crippen LogP contribution in [0.4, 0.5) is 13.2 Å². The Morgan fingerprint density at radius 3 is 2.16 bits per heavy atom. The zero-order valence-corrected chi connectivity index (χ0v) is 38.0. The summed E-state index contributed by atoms with van der Waals surface area (Å²) >= 11 is 0. The van der Waals surface area contributed by atoms with Crippen molar-refractivity contribution >= 4 is 58.3 Å². The fraction of sp³-hybridized carbons (Fsp3) is 0.532.